The topological polar surface area (TPSA) is 88.1 Å². The summed E-state index contributed by atoms with van der Waals surface area (Å²) in [5, 5.41) is 22.0. The van der Waals surface area contributed by atoms with Gasteiger partial charge in [0.25, 0.3) is 0 Å². The first-order valence-electron chi connectivity index (χ1n) is 7.69. The third-order valence-corrected chi connectivity index (χ3v) is 3.97. The van der Waals surface area contributed by atoms with Crippen LogP contribution in [0.15, 0.2) is 71.9 Å². The van der Waals surface area contributed by atoms with Crippen LogP contribution < -0.4 is 10.5 Å². The first-order valence-corrected chi connectivity index (χ1v) is 7.69. The molecule has 0 aliphatic heterocycles. The minimum Gasteiger partial charge on any atom is -0.508 e. The third kappa shape index (κ3) is 3.26. The van der Waals surface area contributed by atoms with E-state index in [4.69, 9.17) is 10.5 Å². The molecule has 5 heteroatoms. The van der Waals surface area contributed by atoms with Crippen molar-refractivity contribution in [1.82, 2.24) is 0 Å². The predicted molar refractivity (Wildman–Crippen MR) is 98.0 cm³/mol. The van der Waals surface area contributed by atoms with Crippen molar-refractivity contribution >= 4 is 5.84 Å². The van der Waals surface area contributed by atoms with Crippen molar-refractivity contribution in [3.63, 3.8) is 0 Å². The lowest BCUT2D eigenvalue weighted by Gasteiger charge is -2.17. The van der Waals surface area contributed by atoms with Gasteiger partial charge in [0.2, 0.25) is 0 Å². The van der Waals surface area contributed by atoms with Gasteiger partial charge in [0.1, 0.15) is 11.5 Å². The van der Waals surface area contributed by atoms with E-state index < -0.39 is 0 Å². The number of hydrogen-bond donors (Lipinski definition) is 3. The molecule has 0 heterocycles. The van der Waals surface area contributed by atoms with Gasteiger partial charge in [-0.15, -0.1) is 0 Å². The molecule has 3 aromatic rings. The highest BCUT2D eigenvalue weighted by molar-refractivity contribution is 6.07. The number of hydrogen-bond acceptors (Lipinski definition) is 4. The SMILES string of the molecule is COc1cc(/C(N)=N/O)c(-c2ccccc2)c(-c2ccc(O)cc2)c1. The number of ether oxygens (including phenoxy) is 1. The maximum absolute atomic E-state index is 9.57. The Morgan fingerprint density at radius 3 is 2.24 bits per heavy atom. The fraction of sp³-hybridized carbons (Fsp3) is 0.0500. The molecule has 0 radical (unpaired) electrons. The van der Waals surface area contributed by atoms with Crippen molar-refractivity contribution in [2.24, 2.45) is 10.9 Å². The van der Waals surface area contributed by atoms with E-state index in [1.54, 1.807) is 25.3 Å². The summed E-state index contributed by atoms with van der Waals surface area (Å²) in [5.74, 6) is 0.770. The summed E-state index contributed by atoms with van der Waals surface area (Å²) >= 11 is 0. The van der Waals surface area contributed by atoms with Gasteiger partial charge in [0.15, 0.2) is 5.84 Å². The molecule has 0 bridgehead atoms. The van der Waals surface area contributed by atoms with Crippen LogP contribution in [0.3, 0.4) is 0 Å². The molecule has 5 nitrogen and oxygen atoms in total. The standard InChI is InChI=1S/C20H18N2O3/c1-25-16-11-17(13-7-9-15(23)10-8-13)19(14-5-3-2-4-6-14)18(12-16)20(21)22-24/h2-12,23-24H,1H3,(H2,21,22). The van der Waals surface area contributed by atoms with Gasteiger partial charge in [-0.05, 0) is 41.0 Å². The largest absolute Gasteiger partial charge is 0.508 e. The summed E-state index contributed by atoms with van der Waals surface area (Å²) in [6.45, 7) is 0. The van der Waals surface area contributed by atoms with Gasteiger partial charge < -0.3 is 20.8 Å². The van der Waals surface area contributed by atoms with Crippen LogP contribution in [-0.4, -0.2) is 23.3 Å². The van der Waals surface area contributed by atoms with E-state index in [1.807, 2.05) is 48.5 Å². The highest BCUT2D eigenvalue weighted by Crippen LogP contribution is 2.38. The Labute approximate surface area is 145 Å². The van der Waals surface area contributed by atoms with Crippen LogP contribution >= 0.6 is 0 Å². The van der Waals surface area contributed by atoms with Crippen LogP contribution in [0.1, 0.15) is 5.56 Å². The summed E-state index contributed by atoms with van der Waals surface area (Å²) < 4.78 is 5.38. The molecule has 0 fully saturated rings. The number of aromatic hydroxyl groups is 1. The Kier molecular flexibility index (Phi) is 4.57. The lowest BCUT2D eigenvalue weighted by Crippen LogP contribution is -2.15. The predicted octanol–water partition coefficient (Wildman–Crippen LogP) is 3.83. The smallest absolute Gasteiger partial charge is 0.170 e. The molecule has 3 rings (SSSR count). The Bertz CT molecular complexity index is 904. The second-order valence-corrected chi connectivity index (χ2v) is 5.50. The maximum Gasteiger partial charge on any atom is 0.170 e. The Balaban J connectivity index is 2.37. The van der Waals surface area contributed by atoms with Gasteiger partial charge in [0.05, 0.1) is 7.11 Å². The van der Waals surface area contributed by atoms with Gasteiger partial charge in [-0.25, -0.2) is 0 Å². The number of phenols is 1. The van der Waals surface area contributed by atoms with Gasteiger partial charge in [-0.3, -0.25) is 0 Å². The quantitative estimate of drug-likeness (QED) is 0.293. The first-order chi connectivity index (χ1) is 12.1. The summed E-state index contributed by atoms with van der Waals surface area (Å²) in [5.41, 5.74) is 9.98. The van der Waals surface area contributed by atoms with Gasteiger partial charge in [-0.1, -0.05) is 47.6 Å². The lowest BCUT2D eigenvalue weighted by atomic mass is 9.89. The lowest BCUT2D eigenvalue weighted by molar-refractivity contribution is 0.318. The summed E-state index contributed by atoms with van der Waals surface area (Å²) in [4.78, 5) is 0. The Hall–Kier alpha value is -3.47. The van der Waals surface area contributed by atoms with Crippen LogP contribution in [-0.2, 0) is 0 Å². The van der Waals surface area contributed by atoms with Crippen molar-refractivity contribution in [2.75, 3.05) is 7.11 Å². The van der Waals surface area contributed by atoms with E-state index in [0.717, 1.165) is 22.3 Å². The molecular formula is C20H18N2O3. The number of benzene rings is 3. The fourth-order valence-corrected chi connectivity index (χ4v) is 2.77. The minimum atomic E-state index is -0.00205. The number of nitrogens with zero attached hydrogens (tertiary/aromatic N) is 1. The van der Waals surface area contributed by atoms with Crippen LogP contribution in [0.2, 0.25) is 0 Å². The molecule has 0 saturated heterocycles. The number of oxime groups is 1. The minimum absolute atomic E-state index is 0.00205. The first kappa shape index (κ1) is 16.4. The second kappa shape index (κ2) is 6.97. The molecule has 0 aliphatic rings. The van der Waals surface area contributed by atoms with Crippen molar-refractivity contribution in [1.29, 1.82) is 0 Å². The molecule has 0 atom stereocenters. The summed E-state index contributed by atoms with van der Waals surface area (Å²) in [6.07, 6.45) is 0. The summed E-state index contributed by atoms with van der Waals surface area (Å²) in [7, 11) is 1.56. The van der Waals surface area contributed by atoms with Crippen molar-refractivity contribution < 1.29 is 15.1 Å². The molecule has 126 valence electrons. The molecule has 25 heavy (non-hydrogen) atoms. The van der Waals surface area contributed by atoms with Gasteiger partial charge >= 0.3 is 0 Å². The monoisotopic (exact) mass is 334 g/mol. The van der Waals surface area contributed by atoms with E-state index in [0.29, 0.717) is 11.3 Å². The maximum atomic E-state index is 9.57. The molecule has 3 aromatic carbocycles. The van der Waals surface area contributed by atoms with Crippen molar-refractivity contribution in [3.05, 3.63) is 72.3 Å². The highest BCUT2D eigenvalue weighted by atomic mass is 16.5. The van der Waals surface area contributed by atoms with Crippen LogP contribution in [0.5, 0.6) is 11.5 Å². The zero-order chi connectivity index (χ0) is 17.8. The Morgan fingerprint density at radius 1 is 0.960 bits per heavy atom. The van der Waals surface area contributed by atoms with Crippen LogP contribution in [0.4, 0.5) is 0 Å². The molecule has 0 spiro atoms. The zero-order valence-electron chi connectivity index (χ0n) is 13.7. The van der Waals surface area contributed by atoms with Gasteiger partial charge in [0, 0.05) is 11.1 Å². The van der Waals surface area contributed by atoms with Crippen LogP contribution in [0, 0.1) is 0 Å². The number of methoxy groups -OCH3 is 1. The Morgan fingerprint density at radius 2 is 1.64 bits per heavy atom. The van der Waals surface area contributed by atoms with Crippen LogP contribution in [0.25, 0.3) is 22.3 Å². The van der Waals surface area contributed by atoms with E-state index in [1.165, 1.54) is 0 Å². The van der Waals surface area contributed by atoms with E-state index in [9.17, 15) is 10.3 Å². The molecule has 0 aliphatic carbocycles. The average molecular weight is 334 g/mol. The second-order valence-electron chi connectivity index (χ2n) is 5.50. The fourth-order valence-electron chi connectivity index (χ4n) is 2.77. The zero-order valence-corrected chi connectivity index (χ0v) is 13.7. The van der Waals surface area contributed by atoms with Crippen molar-refractivity contribution in [3.8, 4) is 33.8 Å². The number of rotatable bonds is 4. The van der Waals surface area contributed by atoms with E-state index in [-0.39, 0.29) is 11.6 Å². The molecular weight excluding hydrogens is 316 g/mol. The van der Waals surface area contributed by atoms with E-state index in [2.05, 4.69) is 5.16 Å². The van der Waals surface area contributed by atoms with E-state index >= 15 is 0 Å². The third-order valence-electron chi connectivity index (χ3n) is 3.97. The average Bonchev–Trinajstić information content (AvgIpc) is 2.67. The number of amidine groups is 1. The molecule has 0 aromatic heterocycles. The molecule has 0 unspecified atom stereocenters. The van der Waals surface area contributed by atoms with Gasteiger partial charge in [-0.2, -0.15) is 0 Å². The molecule has 0 amide bonds. The molecule has 4 N–H and O–H groups in total. The molecule has 0 saturated carbocycles. The highest BCUT2D eigenvalue weighted by Gasteiger charge is 2.17. The number of nitrogens with two attached hydrogens (primary N) is 1. The summed E-state index contributed by atoms with van der Waals surface area (Å²) in [6, 6.07) is 20.2. The normalized spacial score (nSPS) is 11.3. The number of phenolic OH excluding ortho intramolecular Hbond substituents is 1. The van der Waals surface area contributed by atoms with Crippen molar-refractivity contribution in [2.45, 2.75) is 0 Å².